The first-order chi connectivity index (χ1) is 16.0. The van der Waals surface area contributed by atoms with Crippen molar-refractivity contribution in [2.45, 2.75) is 31.6 Å². The zero-order valence-electron chi connectivity index (χ0n) is 17.8. The van der Waals surface area contributed by atoms with Crippen LogP contribution >= 0.6 is 0 Å². The molecular weight excluding hydrogens is 431 g/mol. The SMILES string of the molecule is ON=C(c1ccc(CN2CCC3(CC2)OCc2cc(F)ncc23)cc1)c1ccc(F)c(F)c1. The predicted molar refractivity (Wildman–Crippen MR) is 115 cm³/mol. The third-order valence-corrected chi connectivity index (χ3v) is 6.54. The Morgan fingerprint density at radius 3 is 2.42 bits per heavy atom. The van der Waals surface area contributed by atoms with Gasteiger partial charge in [-0.3, -0.25) is 4.90 Å². The highest BCUT2D eigenvalue weighted by molar-refractivity contribution is 6.12. The molecule has 0 amide bonds. The van der Waals surface area contributed by atoms with E-state index >= 15 is 0 Å². The Kier molecular flexibility index (Phi) is 5.64. The van der Waals surface area contributed by atoms with Crippen LogP contribution in [-0.2, 0) is 23.5 Å². The molecular formula is C25H22F3N3O2. The summed E-state index contributed by atoms with van der Waals surface area (Å²) in [6.07, 6.45) is 3.23. The highest BCUT2D eigenvalue weighted by atomic mass is 19.2. The summed E-state index contributed by atoms with van der Waals surface area (Å²) in [6, 6.07) is 12.3. The first-order valence-corrected chi connectivity index (χ1v) is 10.8. The van der Waals surface area contributed by atoms with Crippen LogP contribution in [-0.4, -0.2) is 33.9 Å². The number of ether oxygens (including phenoxy) is 1. The highest BCUT2D eigenvalue weighted by Crippen LogP contribution is 2.44. The van der Waals surface area contributed by atoms with E-state index in [1.165, 1.54) is 12.1 Å². The molecule has 8 heteroatoms. The molecule has 0 bridgehead atoms. The smallest absolute Gasteiger partial charge is 0.213 e. The standard InChI is InChI=1S/C25H22F3N3O2/c26-21-6-5-18(11-22(21)27)24(30-32)17-3-1-16(2-4-17)14-31-9-7-25(8-10-31)20-13-29-23(28)12-19(20)15-33-25/h1-6,11-13,32H,7-10,14-15H2. The Labute approximate surface area is 189 Å². The number of pyridine rings is 1. The molecule has 5 nitrogen and oxygen atoms in total. The summed E-state index contributed by atoms with van der Waals surface area (Å²) in [7, 11) is 0. The molecule has 0 radical (unpaired) electrons. The lowest BCUT2D eigenvalue weighted by atomic mass is 9.84. The van der Waals surface area contributed by atoms with Gasteiger partial charge in [-0.1, -0.05) is 29.4 Å². The number of benzene rings is 2. The normalized spacial score (nSPS) is 18.0. The Morgan fingerprint density at radius 2 is 1.73 bits per heavy atom. The first kappa shape index (κ1) is 21.6. The Morgan fingerprint density at radius 1 is 1.00 bits per heavy atom. The van der Waals surface area contributed by atoms with Crippen LogP contribution in [0.15, 0.2) is 59.9 Å². The molecule has 2 aromatic carbocycles. The van der Waals surface area contributed by atoms with Gasteiger partial charge in [-0.05, 0) is 48.2 Å². The maximum absolute atomic E-state index is 13.6. The number of fused-ring (bicyclic) bond motifs is 2. The number of halogens is 3. The van der Waals surface area contributed by atoms with Crippen molar-refractivity contribution >= 4 is 5.71 Å². The van der Waals surface area contributed by atoms with Crippen LogP contribution in [0.2, 0.25) is 0 Å². The fourth-order valence-corrected chi connectivity index (χ4v) is 4.73. The second kappa shape index (κ2) is 8.61. The van der Waals surface area contributed by atoms with Gasteiger partial charge in [0.1, 0.15) is 5.71 Å². The van der Waals surface area contributed by atoms with E-state index in [9.17, 15) is 18.4 Å². The van der Waals surface area contributed by atoms with Crippen LogP contribution in [0, 0.1) is 17.6 Å². The molecule has 2 aliphatic rings. The van der Waals surface area contributed by atoms with Crippen LogP contribution in [0.1, 0.15) is 40.7 Å². The predicted octanol–water partition coefficient (Wildman–Crippen LogP) is 4.75. The minimum atomic E-state index is -0.997. The number of hydrogen-bond acceptors (Lipinski definition) is 5. The second-order valence-electron chi connectivity index (χ2n) is 8.50. The summed E-state index contributed by atoms with van der Waals surface area (Å²) in [5.74, 6) is -2.43. The Hall–Kier alpha value is -3.23. The number of nitrogens with zero attached hydrogens (tertiary/aromatic N) is 3. The molecule has 3 heterocycles. The van der Waals surface area contributed by atoms with Gasteiger partial charge in [0, 0.05) is 42.5 Å². The largest absolute Gasteiger partial charge is 0.410 e. The summed E-state index contributed by atoms with van der Waals surface area (Å²) in [6.45, 7) is 2.82. The zero-order valence-corrected chi connectivity index (χ0v) is 17.8. The monoisotopic (exact) mass is 453 g/mol. The number of hydrogen-bond donors (Lipinski definition) is 1. The molecule has 1 N–H and O–H groups in total. The Balaban J connectivity index is 1.24. The van der Waals surface area contributed by atoms with Gasteiger partial charge in [0.25, 0.3) is 0 Å². The van der Waals surface area contributed by atoms with Crippen molar-refractivity contribution < 1.29 is 23.1 Å². The lowest BCUT2D eigenvalue weighted by Gasteiger charge is -2.39. The zero-order chi connectivity index (χ0) is 23.0. The summed E-state index contributed by atoms with van der Waals surface area (Å²) in [5.41, 5.74) is 3.64. The van der Waals surface area contributed by atoms with E-state index in [1.807, 2.05) is 12.1 Å². The van der Waals surface area contributed by atoms with Gasteiger partial charge in [0.05, 0.1) is 12.2 Å². The van der Waals surface area contributed by atoms with Gasteiger partial charge >= 0.3 is 0 Å². The van der Waals surface area contributed by atoms with E-state index in [-0.39, 0.29) is 16.9 Å². The van der Waals surface area contributed by atoms with E-state index in [2.05, 4.69) is 15.0 Å². The first-order valence-electron chi connectivity index (χ1n) is 10.8. The van der Waals surface area contributed by atoms with Gasteiger partial charge in [-0.15, -0.1) is 0 Å². The minimum absolute atomic E-state index is 0.169. The third-order valence-electron chi connectivity index (χ3n) is 6.54. The van der Waals surface area contributed by atoms with Crippen molar-refractivity contribution in [2.24, 2.45) is 5.16 Å². The minimum Gasteiger partial charge on any atom is -0.410 e. The molecule has 1 aromatic heterocycles. The van der Waals surface area contributed by atoms with Gasteiger partial charge in [-0.2, -0.15) is 4.39 Å². The molecule has 1 spiro atoms. The maximum atomic E-state index is 13.6. The maximum Gasteiger partial charge on any atom is 0.213 e. The van der Waals surface area contributed by atoms with Gasteiger partial charge in [-0.25, -0.2) is 13.8 Å². The Bertz CT molecular complexity index is 1210. The van der Waals surface area contributed by atoms with Crippen LogP contribution in [0.5, 0.6) is 0 Å². The topological polar surface area (TPSA) is 58.0 Å². The van der Waals surface area contributed by atoms with Crippen LogP contribution < -0.4 is 0 Å². The van der Waals surface area contributed by atoms with E-state index < -0.39 is 17.6 Å². The van der Waals surface area contributed by atoms with Crippen LogP contribution in [0.3, 0.4) is 0 Å². The lowest BCUT2D eigenvalue weighted by Crippen LogP contribution is -2.42. The van der Waals surface area contributed by atoms with Crippen molar-refractivity contribution in [3.63, 3.8) is 0 Å². The van der Waals surface area contributed by atoms with Crippen molar-refractivity contribution in [3.8, 4) is 0 Å². The molecule has 3 aromatic rings. The molecule has 5 rings (SSSR count). The van der Waals surface area contributed by atoms with Crippen LogP contribution in [0.4, 0.5) is 13.2 Å². The number of aromatic nitrogens is 1. The second-order valence-corrected chi connectivity index (χ2v) is 8.50. The molecule has 2 aliphatic heterocycles. The summed E-state index contributed by atoms with van der Waals surface area (Å²) < 4.78 is 46.3. The average molecular weight is 453 g/mol. The molecule has 0 saturated carbocycles. The van der Waals surface area contributed by atoms with E-state index in [0.29, 0.717) is 12.2 Å². The molecule has 1 fully saturated rings. The van der Waals surface area contributed by atoms with Crippen molar-refractivity contribution in [1.29, 1.82) is 0 Å². The average Bonchev–Trinajstić information content (AvgIpc) is 3.16. The van der Waals surface area contributed by atoms with E-state index in [4.69, 9.17) is 4.74 Å². The summed E-state index contributed by atoms with van der Waals surface area (Å²) >= 11 is 0. The third kappa shape index (κ3) is 4.12. The number of oxime groups is 1. The summed E-state index contributed by atoms with van der Waals surface area (Å²) in [5, 5.41) is 12.7. The molecule has 0 unspecified atom stereocenters. The molecule has 33 heavy (non-hydrogen) atoms. The van der Waals surface area contributed by atoms with Crippen LogP contribution in [0.25, 0.3) is 0 Å². The molecule has 0 atom stereocenters. The van der Waals surface area contributed by atoms with Crippen molar-refractivity contribution in [2.75, 3.05) is 13.1 Å². The fraction of sp³-hybridized carbons (Fsp3) is 0.280. The summed E-state index contributed by atoms with van der Waals surface area (Å²) in [4.78, 5) is 6.15. The van der Waals surface area contributed by atoms with E-state index in [1.54, 1.807) is 18.3 Å². The molecule has 170 valence electrons. The number of piperidine rings is 1. The number of likely N-dealkylation sites (tertiary alicyclic amines) is 1. The highest BCUT2D eigenvalue weighted by Gasteiger charge is 2.43. The fourth-order valence-electron chi connectivity index (χ4n) is 4.73. The molecule has 0 aliphatic carbocycles. The molecule has 1 saturated heterocycles. The van der Waals surface area contributed by atoms with Crippen molar-refractivity contribution in [3.05, 3.63) is 100 Å². The van der Waals surface area contributed by atoms with E-state index in [0.717, 1.165) is 61.3 Å². The quantitative estimate of drug-likeness (QED) is 0.268. The van der Waals surface area contributed by atoms with Crippen molar-refractivity contribution in [1.82, 2.24) is 9.88 Å². The number of rotatable bonds is 4. The van der Waals surface area contributed by atoms with Gasteiger partial charge in [0.15, 0.2) is 11.6 Å². The van der Waals surface area contributed by atoms with Gasteiger partial charge in [0.2, 0.25) is 5.95 Å². The lowest BCUT2D eigenvalue weighted by molar-refractivity contribution is -0.0800. The van der Waals surface area contributed by atoms with Gasteiger partial charge < -0.3 is 9.94 Å².